The molecule has 11 nitrogen and oxygen atoms in total. The fourth-order valence-electron chi connectivity index (χ4n) is 2.09. The highest BCUT2D eigenvalue weighted by Gasteiger charge is 2.43. The lowest BCUT2D eigenvalue weighted by Crippen LogP contribution is -2.59. The van der Waals surface area contributed by atoms with Gasteiger partial charge in [0.2, 0.25) is 11.9 Å². The van der Waals surface area contributed by atoms with E-state index >= 15 is 0 Å². The number of hydrogen-bond acceptors (Lipinski definition) is 9. The molecule has 0 rings (SSSR count). The van der Waals surface area contributed by atoms with Gasteiger partial charge in [0.25, 0.3) is 0 Å². The highest BCUT2D eigenvalue weighted by atomic mass is 16.6. The fraction of sp³-hybridized carbons (Fsp3) is 0.714. The van der Waals surface area contributed by atoms with Crippen LogP contribution in [0.2, 0.25) is 0 Å². The molecule has 5 atom stereocenters. The Morgan fingerprint density at radius 3 is 2.24 bits per heavy atom. The number of amides is 1. The molecule has 0 fully saturated rings. The van der Waals surface area contributed by atoms with Crippen molar-refractivity contribution < 1.29 is 39.7 Å². The lowest BCUT2D eigenvalue weighted by atomic mass is 9.91. The van der Waals surface area contributed by atoms with Gasteiger partial charge in [-0.3, -0.25) is 14.9 Å². The monoisotopic (exact) mass is 364 g/mol. The van der Waals surface area contributed by atoms with Gasteiger partial charge < -0.3 is 30.5 Å². The normalized spacial score (nSPS) is 16.9. The summed E-state index contributed by atoms with van der Waals surface area (Å²) in [6, 6.07) is -3.40. The molecule has 0 aromatic heterocycles. The van der Waals surface area contributed by atoms with E-state index in [1.807, 2.05) is 0 Å². The van der Waals surface area contributed by atoms with E-state index in [2.05, 4.69) is 16.6 Å². The molecule has 0 radical (unpaired) electrons. The Morgan fingerprint density at radius 2 is 1.84 bits per heavy atom. The van der Waals surface area contributed by atoms with Crippen LogP contribution in [0.25, 0.3) is 0 Å². The van der Waals surface area contributed by atoms with Crippen LogP contribution in [0.1, 0.15) is 20.3 Å². The average molecular weight is 364 g/mol. The van der Waals surface area contributed by atoms with E-state index in [1.165, 1.54) is 6.92 Å². The summed E-state index contributed by atoms with van der Waals surface area (Å²) < 4.78 is 4.68. The Bertz CT molecular complexity index is 497. The molecule has 0 saturated heterocycles. The van der Waals surface area contributed by atoms with Crippen molar-refractivity contribution in [2.75, 3.05) is 13.2 Å². The number of rotatable bonds is 11. The van der Waals surface area contributed by atoms with Crippen LogP contribution in [0.3, 0.4) is 0 Å². The third-order valence-electron chi connectivity index (χ3n) is 3.37. The minimum Gasteiger partial charge on any atom is -0.463 e. The number of nitro groups is 1. The molecular weight excluding hydrogens is 340 g/mol. The molecule has 144 valence electrons. The minimum atomic E-state index is -1.99. The van der Waals surface area contributed by atoms with Gasteiger partial charge in [0.05, 0.1) is 13.2 Å². The molecule has 0 unspecified atom stereocenters. The summed E-state index contributed by atoms with van der Waals surface area (Å²) in [5.41, 5.74) is -0.261. The molecule has 0 aromatic rings. The summed E-state index contributed by atoms with van der Waals surface area (Å²) in [5, 5.41) is 51.6. The number of carbonyl (C=O) groups is 2. The van der Waals surface area contributed by atoms with Crippen LogP contribution in [-0.4, -0.2) is 80.8 Å². The van der Waals surface area contributed by atoms with Crippen molar-refractivity contribution in [3.63, 3.8) is 0 Å². The quantitative estimate of drug-likeness (QED) is 0.117. The largest absolute Gasteiger partial charge is 0.463 e. The first-order valence-corrected chi connectivity index (χ1v) is 7.47. The van der Waals surface area contributed by atoms with Gasteiger partial charge in [-0.05, 0) is 6.92 Å². The molecule has 0 aliphatic carbocycles. The van der Waals surface area contributed by atoms with Gasteiger partial charge in [-0.2, -0.15) is 0 Å². The maximum atomic E-state index is 11.6. The van der Waals surface area contributed by atoms with Crippen LogP contribution >= 0.6 is 0 Å². The van der Waals surface area contributed by atoms with Crippen LogP contribution in [0, 0.1) is 10.1 Å². The van der Waals surface area contributed by atoms with Gasteiger partial charge in [-0.1, -0.05) is 6.58 Å². The zero-order valence-corrected chi connectivity index (χ0v) is 14.0. The van der Waals surface area contributed by atoms with E-state index in [-0.39, 0.29) is 12.2 Å². The summed E-state index contributed by atoms with van der Waals surface area (Å²) in [6.45, 7) is 5.07. The van der Waals surface area contributed by atoms with Crippen molar-refractivity contribution in [3.8, 4) is 0 Å². The first-order valence-electron chi connectivity index (χ1n) is 7.47. The van der Waals surface area contributed by atoms with Crippen molar-refractivity contribution in [1.29, 1.82) is 0 Å². The Morgan fingerprint density at radius 1 is 1.28 bits per heavy atom. The molecule has 5 N–H and O–H groups in total. The first-order chi connectivity index (χ1) is 11.6. The second kappa shape index (κ2) is 10.7. The molecule has 1 amide bonds. The standard InChI is InChI=1S/C14H24N2O9/c1-4-25-14(22)7(2)5-9(16(23)24)11(15-8(3)18)13(21)12(20)10(19)6-17/h9-13,17,19-21H,2,4-6H2,1,3H3,(H,15,18)/t9-,10+,11+,12+,13+/m0/s1. The molecule has 0 bridgehead atoms. The number of nitrogens with zero attached hydrogens (tertiary/aromatic N) is 1. The minimum absolute atomic E-state index is 0.0279. The molecule has 0 saturated carbocycles. The third kappa shape index (κ3) is 7.13. The van der Waals surface area contributed by atoms with Crippen LogP contribution in [0.5, 0.6) is 0 Å². The van der Waals surface area contributed by atoms with Crippen LogP contribution in [0.15, 0.2) is 12.2 Å². The summed E-state index contributed by atoms with van der Waals surface area (Å²) in [5.74, 6) is -1.62. The molecule has 0 aromatic carbocycles. The Kier molecular flexibility index (Phi) is 9.82. The van der Waals surface area contributed by atoms with E-state index in [9.17, 15) is 35.0 Å². The van der Waals surface area contributed by atoms with Gasteiger partial charge in [0.15, 0.2) is 0 Å². The number of nitrogens with one attached hydrogen (secondary N) is 1. The number of carbonyl (C=O) groups excluding carboxylic acids is 2. The highest BCUT2D eigenvalue weighted by molar-refractivity contribution is 5.87. The molecule has 11 heteroatoms. The summed E-state index contributed by atoms with van der Waals surface area (Å²) >= 11 is 0. The van der Waals surface area contributed by atoms with Crippen LogP contribution in [0.4, 0.5) is 0 Å². The van der Waals surface area contributed by atoms with Gasteiger partial charge >= 0.3 is 5.97 Å². The van der Waals surface area contributed by atoms with Crippen LogP contribution < -0.4 is 5.32 Å². The van der Waals surface area contributed by atoms with E-state index in [1.54, 1.807) is 0 Å². The maximum absolute atomic E-state index is 11.6. The van der Waals surface area contributed by atoms with Gasteiger partial charge in [-0.15, -0.1) is 0 Å². The zero-order chi connectivity index (χ0) is 19.7. The van der Waals surface area contributed by atoms with Crippen molar-refractivity contribution >= 4 is 11.9 Å². The van der Waals surface area contributed by atoms with Crippen molar-refractivity contribution in [2.45, 2.75) is 50.7 Å². The molecular formula is C14H24N2O9. The Labute approximate surface area is 144 Å². The molecule has 0 aliphatic rings. The van der Waals surface area contributed by atoms with Crippen molar-refractivity contribution in [1.82, 2.24) is 5.32 Å². The Hall–Kier alpha value is -2.08. The third-order valence-corrected chi connectivity index (χ3v) is 3.37. The number of esters is 1. The SMILES string of the molecule is C=C(C[C@@H]([C@@H](NC(C)=O)[C@@H](O)[C@H](O)[C@H](O)CO)[N+](=O)[O-])C(=O)OCC. The number of hydrogen-bond donors (Lipinski definition) is 5. The second-order valence-corrected chi connectivity index (χ2v) is 5.34. The lowest BCUT2D eigenvalue weighted by molar-refractivity contribution is -0.528. The maximum Gasteiger partial charge on any atom is 0.333 e. The average Bonchev–Trinajstić information content (AvgIpc) is 2.55. The van der Waals surface area contributed by atoms with Gasteiger partial charge in [-0.25, -0.2) is 4.79 Å². The highest BCUT2D eigenvalue weighted by Crippen LogP contribution is 2.17. The molecule has 25 heavy (non-hydrogen) atoms. The summed E-state index contributed by atoms with van der Waals surface area (Å²) in [6.07, 6.45) is -6.32. The lowest BCUT2D eigenvalue weighted by Gasteiger charge is -2.30. The van der Waals surface area contributed by atoms with E-state index in [0.717, 1.165) is 6.92 Å². The second-order valence-electron chi connectivity index (χ2n) is 5.34. The number of aliphatic hydroxyl groups is 4. The van der Waals surface area contributed by atoms with E-state index in [4.69, 9.17) is 5.11 Å². The number of ether oxygens (including phenoxy) is 1. The zero-order valence-electron chi connectivity index (χ0n) is 14.0. The Balaban J connectivity index is 5.52. The predicted molar refractivity (Wildman–Crippen MR) is 83.9 cm³/mol. The fourth-order valence-corrected chi connectivity index (χ4v) is 2.09. The summed E-state index contributed by atoms with van der Waals surface area (Å²) in [7, 11) is 0. The van der Waals surface area contributed by atoms with Gasteiger partial charge in [0, 0.05) is 23.8 Å². The van der Waals surface area contributed by atoms with Crippen LogP contribution in [-0.2, 0) is 14.3 Å². The van der Waals surface area contributed by atoms with Gasteiger partial charge in [0.1, 0.15) is 24.4 Å². The molecule has 0 heterocycles. The number of aliphatic hydroxyl groups excluding tert-OH is 4. The van der Waals surface area contributed by atoms with E-state index < -0.39 is 60.2 Å². The predicted octanol–water partition coefficient (Wildman–Crippen LogP) is -2.28. The summed E-state index contributed by atoms with van der Waals surface area (Å²) in [4.78, 5) is 33.4. The van der Waals surface area contributed by atoms with Crippen molar-refractivity contribution in [2.24, 2.45) is 0 Å². The smallest absolute Gasteiger partial charge is 0.333 e. The van der Waals surface area contributed by atoms with E-state index in [0.29, 0.717) is 0 Å². The molecule has 0 spiro atoms. The molecule has 0 aliphatic heterocycles. The first kappa shape index (κ1) is 22.9. The van der Waals surface area contributed by atoms with Crippen molar-refractivity contribution in [3.05, 3.63) is 22.3 Å². The topological polar surface area (TPSA) is 179 Å².